The number of benzene rings is 7. The van der Waals surface area contributed by atoms with Gasteiger partial charge in [-0.15, -0.1) is 0 Å². The molecule has 3 heteroatoms. The van der Waals surface area contributed by atoms with Gasteiger partial charge in [-0.1, -0.05) is 133 Å². The Labute approximate surface area is 268 Å². The number of hydrogen-bond acceptors (Lipinski definition) is 3. The van der Waals surface area contributed by atoms with Crippen molar-refractivity contribution in [1.82, 2.24) is 4.98 Å². The monoisotopic (exact) mass is 590 g/mol. The van der Waals surface area contributed by atoms with E-state index in [4.69, 9.17) is 9.40 Å². The number of rotatable bonds is 7. The molecular weight excluding hydrogens is 560 g/mol. The summed E-state index contributed by atoms with van der Waals surface area (Å²) in [5, 5.41) is 0. The van der Waals surface area contributed by atoms with Gasteiger partial charge < -0.3 is 9.32 Å². The van der Waals surface area contributed by atoms with Crippen LogP contribution in [0, 0.1) is 0 Å². The van der Waals surface area contributed by atoms with Crippen molar-refractivity contribution in [3.8, 4) is 44.8 Å². The van der Waals surface area contributed by atoms with E-state index in [2.05, 4.69) is 150 Å². The number of oxazole rings is 1. The van der Waals surface area contributed by atoms with Crippen molar-refractivity contribution in [1.29, 1.82) is 0 Å². The Bertz CT molecular complexity index is 2230. The molecule has 0 aliphatic carbocycles. The third-order valence-corrected chi connectivity index (χ3v) is 8.33. The molecule has 0 radical (unpaired) electrons. The van der Waals surface area contributed by atoms with E-state index in [0.29, 0.717) is 5.89 Å². The summed E-state index contributed by atoms with van der Waals surface area (Å²) in [4.78, 5) is 7.36. The molecule has 8 rings (SSSR count). The van der Waals surface area contributed by atoms with Crippen LogP contribution in [0.1, 0.15) is 0 Å². The molecule has 3 nitrogen and oxygen atoms in total. The molecule has 0 amide bonds. The molecule has 0 N–H and O–H groups in total. The lowest BCUT2D eigenvalue weighted by atomic mass is 9.98. The van der Waals surface area contributed by atoms with Gasteiger partial charge in [0.05, 0.1) is 5.69 Å². The largest absolute Gasteiger partial charge is 0.435 e. The Morgan fingerprint density at radius 2 is 0.848 bits per heavy atom. The minimum Gasteiger partial charge on any atom is -0.435 e. The van der Waals surface area contributed by atoms with E-state index in [1.165, 1.54) is 11.1 Å². The van der Waals surface area contributed by atoms with Crippen molar-refractivity contribution in [3.63, 3.8) is 0 Å². The first-order chi connectivity index (χ1) is 22.8. The van der Waals surface area contributed by atoms with Crippen LogP contribution in [0.3, 0.4) is 0 Å². The normalized spacial score (nSPS) is 11.0. The molecule has 0 atom stereocenters. The molecule has 0 spiro atoms. The molecule has 46 heavy (non-hydrogen) atoms. The zero-order valence-corrected chi connectivity index (χ0v) is 25.1. The van der Waals surface area contributed by atoms with Crippen molar-refractivity contribution in [2.75, 3.05) is 4.90 Å². The first-order valence-electron chi connectivity index (χ1n) is 15.5. The molecule has 1 aromatic heterocycles. The Balaban J connectivity index is 1.25. The second-order valence-electron chi connectivity index (χ2n) is 11.2. The molecule has 0 fully saturated rings. The molecule has 0 saturated heterocycles. The van der Waals surface area contributed by atoms with E-state index in [-0.39, 0.29) is 0 Å². The summed E-state index contributed by atoms with van der Waals surface area (Å²) in [6.07, 6.45) is 0. The van der Waals surface area contributed by atoms with Crippen LogP contribution in [0.5, 0.6) is 0 Å². The van der Waals surface area contributed by atoms with Crippen molar-refractivity contribution in [3.05, 3.63) is 182 Å². The second kappa shape index (κ2) is 12.1. The zero-order valence-electron chi connectivity index (χ0n) is 25.1. The van der Waals surface area contributed by atoms with Gasteiger partial charge in [-0.3, -0.25) is 0 Å². The van der Waals surface area contributed by atoms with Gasteiger partial charge in [-0.25, -0.2) is 4.98 Å². The molecule has 0 bridgehead atoms. The third-order valence-electron chi connectivity index (χ3n) is 8.33. The molecule has 0 aliphatic rings. The maximum atomic E-state index is 6.56. The van der Waals surface area contributed by atoms with Crippen LogP contribution in [-0.4, -0.2) is 4.98 Å². The fourth-order valence-electron chi connectivity index (χ4n) is 6.11. The lowest BCUT2D eigenvalue weighted by molar-refractivity contribution is 0.621. The summed E-state index contributed by atoms with van der Waals surface area (Å²) in [5.74, 6) is 0.615. The SMILES string of the molecule is c1ccc(-c2nc3c(-c4ccccc4)ccc(-c4ccc(N(c5ccccc5)c5ccccc5-c5ccccc5)cc4)c3o2)cc1. The summed E-state index contributed by atoms with van der Waals surface area (Å²) in [6, 6.07) is 63.2. The van der Waals surface area contributed by atoms with Crippen molar-refractivity contribution in [2.24, 2.45) is 0 Å². The summed E-state index contributed by atoms with van der Waals surface area (Å²) in [5.41, 5.74) is 12.4. The maximum absolute atomic E-state index is 6.56. The van der Waals surface area contributed by atoms with Crippen LogP contribution in [0.25, 0.3) is 55.9 Å². The van der Waals surface area contributed by atoms with Crippen LogP contribution in [-0.2, 0) is 0 Å². The molecule has 218 valence electrons. The average Bonchev–Trinajstić information content (AvgIpc) is 3.59. The number of para-hydroxylation sites is 2. The van der Waals surface area contributed by atoms with Gasteiger partial charge in [0.1, 0.15) is 5.52 Å². The van der Waals surface area contributed by atoms with Crippen molar-refractivity contribution >= 4 is 28.2 Å². The topological polar surface area (TPSA) is 29.3 Å². The minimum atomic E-state index is 0.615. The number of fused-ring (bicyclic) bond motifs is 1. The molecule has 7 aromatic carbocycles. The predicted octanol–water partition coefficient (Wildman–Crippen LogP) is 12.0. The highest BCUT2D eigenvalue weighted by Gasteiger charge is 2.20. The minimum absolute atomic E-state index is 0.615. The Morgan fingerprint density at radius 1 is 0.370 bits per heavy atom. The van der Waals surface area contributed by atoms with E-state index in [1.54, 1.807) is 0 Å². The van der Waals surface area contributed by atoms with Crippen LogP contribution in [0.2, 0.25) is 0 Å². The van der Waals surface area contributed by atoms with Gasteiger partial charge in [0, 0.05) is 33.6 Å². The maximum Gasteiger partial charge on any atom is 0.227 e. The second-order valence-corrected chi connectivity index (χ2v) is 11.2. The Kier molecular flexibility index (Phi) is 7.18. The summed E-state index contributed by atoms with van der Waals surface area (Å²) >= 11 is 0. The van der Waals surface area contributed by atoms with Gasteiger partial charge in [0.2, 0.25) is 5.89 Å². The van der Waals surface area contributed by atoms with Gasteiger partial charge in [0.25, 0.3) is 0 Å². The first-order valence-corrected chi connectivity index (χ1v) is 15.5. The van der Waals surface area contributed by atoms with E-state index < -0.39 is 0 Å². The summed E-state index contributed by atoms with van der Waals surface area (Å²) in [7, 11) is 0. The highest BCUT2D eigenvalue weighted by Crippen LogP contribution is 2.42. The van der Waals surface area contributed by atoms with Crippen LogP contribution in [0.4, 0.5) is 17.1 Å². The lowest BCUT2D eigenvalue weighted by Gasteiger charge is -2.28. The average molecular weight is 591 g/mol. The third kappa shape index (κ3) is 5.14. The molecule has 1 heterocycles. The van der Waals surface area contributed by atoms with Gasteiger partial charge in [0.15, 0.2) is 5.58 Å². The van der Waals surface area contributed by atoms with Crippen molar-refractivity contribution in [2.45, 2.75) is 0 Å². The lowest BCUT2D eigenvalue weighted by Crippen LogP contribution is -2.11. The first kappa shape index (κ1) is 27.4. The van der Waals surface area contributed by atoms with Crippen LogP contribution >= 0.6 is 0 Å². The van der Waals surface area contributed by atoms with E-state index in [1.807, 2.05) is 36.4 Å². The van der Waals surface area contributed by atoms with Crippen molar-refractivity contribution < 1.29 is 4.42 Å². The molecule has 0 aliphatic heterocycles. The quantitative estimate of drug-likeness (QED) is 0.185. The predicted molar refractivity (Wildman–Crippen MR) is 190 cm³/mol. The van der Waals surface area contributed by atoms with Gasteiger partial charge in [-0.05, 0) is 65.2 Å². The van der Waals surface area contributed by atoms with E-state index >= 15 is 0 Å². The number of anilines is 3. The van der Waals surface area contributed by atoms with Crippen LogP contribution < -0.4 is 4.90 Å². The smallest absolute Gasteiger partial charge is 0.227 e. The molecule has 8 aromatic rings. The number of hydrogen-bond donors (Lipinski definition) is 0. The highest BCUT2D eigenvalue weighted by atomic mass is 16.3. The summed E-state index contributed by atoms with van der Waals surface area (Å²) in [6.45, 7) is 0. The Hall–Kier alpha value is -6.19. The van der Waals surface area contributed by atoms with E-state index in [9.17, 15) is 0 Å². The standard InChI is InChI=1S/C43H30N2O/c1-5-15-31(16-6-1)37-23-13-14-24-40(37)45(35-21-11-4-12-22-35)36-27-25-33(26-28-36)39-30-29-38(32-17-7-2-8-18-32)41-42(39)46-43(44-41)34-19-9-3-10-20-34/h1-30H. The molecular formula is C43H30N2O. The Morgan fingerprint density at radius 3 is 1.50 bits per heavy atom. The van der Waals surface area contributed by atoms with Gasteiger partial charge in [-0.2, -0.15) is 0 Å². The highest BCUT2D eigenvalue weighted by molar-refractivity contribution is 6.01. The van der Waals surface area contributed by atoms with E-state index in [0.717, 1.165) is 56.0 Å². The number of nitrogens with zero attached hydrogens (tertiary/aromatic N) is 2. The van der Waals surface area contributed by atoms with Crippen LogP contribution in [0.15, 0.2) is 186 Å². The summed E-state index contributed by atoms with van der Waals surface area (Å²) < 4.78 is 6.56. The zero-order chi connectivity index (χ0) is 30.7. The van der Waals surface area contributed by atoms with Gasteiger partial charge >= 0.3 is 0 Å². The fraction of sp³-hybridized carbons (Fsp3) is 0. The fourth-order valence-corrected chi connectivity index (χ4v) is 6.11. The molecule has 0 unspecified atom stereocenters. The number of aromatic nitrogens is 1. The molecule has 0 saturated carbocycles.